The first-order chi connectivity index (χ1) is 15.6. The summed E-state index contributed by atoms with van der Waals surface area (Å²) >= 11 is 9.87. The lowest BCUT2D eigenvalue weighted by atomic mass is 10.1. The predicted molar refractivity (Wildman–Crippen MR) is 129 cm³/mol. The summed E-state index contributed by atoms with van der Waals surface area (Å²) in [6, 6.07) is 7.21. The van der Waals surface area contributed by atoms with Gasteiger partial charge in [0.2, 0.25) is 11.7 Å². The van der Waals surface area contributed by atoms with E-state index in [0.717, 1.165) is 0 Å². The number of anilines is 1. The number of nitrogens with zero attached hydrogens (tertiary/aromatic N) is 3. The molecule has 1 aromatic carbocycles. The van der Waals surface area contributed by atoms with Crippen molar-refractivity contribution < 1.29 is 19.3 Å². The predicted octanol–water partition coefficient (Wildman–Crippen LogP) is 4.10. The van der Waals surface area contributed by atoms with E-state index in [1.807, 2.05) is 0 Å². The Morgan fingerprint density at radius 2 is 1.79 bits per heavy atom. The third-order valence-electron chi connectivity index (χ3n) is 4.10. The van der Waals surface area contributed by atoms with E-state index in [4.69, 9.17) is 0 Å². The van der Waals surface area contributed by atoms with Crippen molar-refractivity contribution in [2.45, 2.75) is 6.92 Å². The molecule has 0 atom stereocenters. The van der Waals surface area contributed by atoms with Crippen molar-refractivity contribution in [2.75, 3.05) is 5.32 Å². The zero-order valence-electron chi connectivity index (χ0n) is 16.6. The van der Waals surface area contributed by atoms with Crippen molar-refractivity contribution in [1.82, 2.24) is 20.4 Å². The molecule has 2 heterocycles. The van der Waals surface area contributed by atoms with E-state index >= 15 is 0 Å². The molecule has 170 valence electrons. The van der Waals surface area contributed by atoms with Crippen molar-refractivity contribution >= 4 is 76.9 Å². The fourth-order valence-corrected chi connectivity index (χ4v) is 4.51. The molecule has 0 saturated carbocycles. The second-order valence-electron chi connectivity index (χ2n) is 6.42. The molecule has 0 saturated heterocycles. The highest BCUT2D eigenvalue weighted by Gasteiger charge is 2.24. The first-order valence-corrected chi connectivity index (χ1v) is 11.3. The van der Waals surface area contributed by atoms with E-state index in [0.29, 0.717) is 13.4 Å². The van der Waals surface area contributed by atoms with E-state index in [1.165, 1.54) is 48.1 Å². The molecule has 3 N–H and O–H groups in total. The number of amides is 3. The molecule has 0 aliphatic rings. The van der Waals surface area contributed by atoms with Crippen LogP contribution in [0.5, 0.6) is 0 Å². The van der Waals surface area contributed by atoms with Crippen molar-refractivity contribution in [2.24, 2.45) is 0 Å². The highest BCUT2D eigenvalue weighted by molar-refractivity contribution is 9.11. The van der Waals surface area contributed by atoms with Gasteiger partial charge in [0.15, 0.2) is 0 Å². The van der Waals surface area contributed by atoms with Gasteiger partial charge in [-0.25, -0.2) is 4.98 Å². The molecule has 0 bridgehead atoms. The van der Waals surface area contributed by atoms with Crippen LogP contribution in [0.2, 0.25) is 0 Å². The second kappa shape index (κ2) is 10.2. The van der Waals surface area contributed by atoms with Crippen LogP contribution in [-0.2, 0) is 4.79 Å². The Hall–Kier alpha value is -3.10. The Morgan fingerprint density at radius 1 is 1.06 bits per heavy atom. The van der Waals surface area contributed by atoms with Crippen LogP contribution in [0, 0.1) is 10.1 Å². The molecule has 3 amide bonds. The Bertz CT molecular complexity index is 1290. The normalized spacial score (nSPS) is 10.4. The van der Waals surface area contributed by atoms with Crippen LogP contribution in [0.3, 0.4) is 0 Å². The summed E-state index contributed by atoms with van der Waals surface area (Å²) < 4.78 is 2.65. The Balaban J connectivity index is 2.03. The lowest BCUT2D eigenvalue weighted by Gasteiger charge is -2.15. The van der Waals surface area contributed by atoms with E-state index in [2.05, 4.69) is 68.9 Å². The van der Waals surface area contributed by atoms with Crippen LogP contribution >= 0.6 is 47.8 Å². The fourth-order valence-electron chi connectivity index (χ4n) is 2.77. The minimum atomic E-state index is -0.681. The number of carbonyl (C=O) groups is 3. The number of halogens is 3. The molecule has 2 aromatic heterocycles. The van der Waals surface area contributed by atoms with Crippen LogP contribution in [0.15, 0.2) is 56.1 Å². The quantitative estimate of drug-likeness (QED) is 0.281. The van der Waals surface area contributed by atoms with Gasteiger partial charge in [-0.3, -0.25) is 39.9 Å². The number of nitro groups is 1. The molecular formula is C19H13Br3N6O5. The maximum absolute atomic E-state index is 13.2. The summed E-state index contributed by atoms with van der Waals surface area (Å²) in [6.07, 6.45) is 2.83. The molecule has 3 aromatic rings. The van der Waals surface area contributed by atoms with E-state index in [1.54, 1.807) is 6.07 Å². The largest absolute Gasteiger partial charge is 0.319 e. The molecule has 33 heavy (non-hydrogen) atoms. The minimum absolute atomic E-state index is 0.0201. The maximum Gasteiger partial charge on any atom is 0.312 e. The second-order valence-corrected chi connectivity index (χ2v) is 9.10. The average molecular weight is 645 g/mol. The van der Waals surface area contributed by atoms with Gasteiger partial charge in [-0.2, -0.15) is 0 Å². The summed E-state index contributed by atoms with van der Waals surface area (Å²) in [6.45, 7) is 1.22. The Kier molecular flexibility index (Phi) is 7.61. The molecular weight excluding hydrogens is 632 g/mol. The molecule has 0 radical (unpaired) electrons. The maximum atomic E-state index is 13.2. The summed E-state index contributed by atoms with van der Waals surface area (Å²) in [5.74, 6) is -1.89. The van der Waals surface area contributed by atoms with Crippen LogP contribution in [0.4, 0.5) is 11.4 Å². The molecule has 14 heteroatoms. The molecule has 0 aliphatic carbocycles. The summed E-state index contributed by atoms with van der Waals surface area (Å²) in [5, 5.41) is 14.1. The molecule has 0 fully saturated rings. The number of nitrogens with one attached hydrogen (secondary N) is 3. The third-order valence-corrected chi connectivity index (χ3v) is 5.62. The zero-order valence-corrected chi connectivity index (χ0v) is 21.3. The van der Waals surface area contributed by atoms with Gasteiger partial charge in [-0.15, -0.1) is 0 Å². The highest BCUT2D eigenvalue weighted by atomic mass is 79.9. The summed E-state index contributed by atoms with van der Waals surface area (Å²) in [4.78, 5) is 51.8. The summed E-state index contributed by atoms with van der Waals surface area (Å²) in [7, 11) is 0. The van der Waals surface area contributed by atoms with Gasteiger partial charge >= 0.3 is 5.69 Å². The number of hydrazine groups is 1. The van der Waals surface area contributed by atoms with Gasteiger partial charge < -0.3 is 5.32 Å². The highest BCUT2D eigenvalue weighted by Crippen LogP contribution is 2.32. The van der Waals surface area contributed by atoms with Gasteiger partial charge in [-0.05, 0) is 56.1 Å². The van der Waals surface area contributed by atoms with Crippen LogP contribution in [0.25, 0.3) is 5.82 Å². The molecule has 0 unspecified atom stereocenters. The molecule has 0 spiro atoms. The number of pyridine rings is 1. The van der Waals surface area contributed by atoms with Crippen LogP contribution in [0.1, 0.15) is 27.8 Å². The average Bonchev–Trinajstić information content (AvgIpc) is 3.15. The lowest BCUT2D eigenvalue weighted by molar-refractivity contribution is -0.384. The topological polar surface area (TPSA) is 148 Å². The van der Waals surface area contributed by atoms with Crippen molar-refractivity contribution in [3.8, 4) is 5.82 Å². The number of benzene rings is 1. The van der Waals surface area contributed by atoms with E-state index in [9.17, 15) is 24.5 Å². The minimum Gasteiger partial charge on any atom is -0.319 e. The van der Waals surface area contributed by atoms with Gasteiger partial charge in [0.05, 0.1) is 16.2 Å². The number of rotatable bonds is 5. The third kappa shape index (κ3) is 5.64. The lowest BCUT2D eigenvalue weighted by Crippen LogP contribution is -2.40. The fraction of sp³-hybridized carbons (Fsp3) is 0.0526. The van der Waals surface area contributed by atoms with Crippen LogP contribution in [-0.4, -0.2) is 32.2 Å². The van der Waals surface area contributed by atoms with E-state index in [-0.39, 0.29) is 28.5 Å². The van der Waals surface area contributed by atoms with Crippen LogP contribution < -0.4 is 16.2 Å². The zero-order chi connectivity index (χ0) is 24.3. The van der Waals surface area contributed by atoms with Crippen molar-refractivity contribution in [1.29, 1.82) is 0 Å². The smallest absolute Gasteiger partial charge is 0.312 e. The molecule has 3 rings (SSSR count). The van der Waals surface area contributed by atoms with E-state index < -0.39 is 22.6 Å². The van der Waals surface area contributed by atoms with Gasteiger partial charge in [0, 0.05) is 38.8 Å². The number of carbonyl (C=O) groups excluding carboxylic acids is 3. The summed E-state index contributed by atoms with van der Waals surface area (Å²) in [5.41, 5.74) is 4.30. The standard InChI is InChI=1S/C19H13Br3N6O5/c1-9(29)25-26-18(30)12-5-10(20)6-13(22)16(12)24-19(31)15-7-11(21)8-27(15)17-14(28(32)33)3-2-4-23-17/h2-8H,1H3,(H,24,31)(H,25,29)(H,26,30). The first kappa shape index (κ1) is 24.5. The monoisotopic (exact) mass is 642 g/mol. The first-order valence-electron chi connectivity index (χ1n) is 8.93. The number of hydrogen-bond donors (Lipinski definition) is 3. The molecule has 11 nitrogen and oxygen atoms in total. The SMILES string of the molecule is CC(=O)NNC(=O)c1cc(Br)cc(Br)c1NC(=O)c1cc(Br)cn1-c1ncccc1[N+](=O)[O-]. The number of hydrogen-bond acceptors (Lipinski definition) is 6. The van der Waals surface area contributed by atoms with Crippen molar-refractivity contribution in [3.05, 3.63) is 77.5 Å². The Morgan fingerprint density at radius 3 is 2.45 bits per heavy atom. The number of aromatic nitrogens is 2. The van der Waals surface area contributed by atoms with Gasteiger partial charge in [0.25, 0.3) is 11.8 Å². The molecule has 0 aliphatic heterocycles. The Labute approximate surface area is 211 Å². The van der Waals surface area contributed by atoms with Gasteiger partial charge in [-0.1, -0.05) is 15.9 Å². The van der Waals surface area contributed by atoms with Gasteiger partial charge in [0.1, 0.15) is 5.69 Å². The van der Waals surface area contributed by atoms with Crippen molar-refractivity contribution in [3.63, 3.8) is 0 Å².